The molecule has 0 bridgehead atoms. The van der Waals surface area contributed by atoms with Crippen molar-refractivity contribution in [2.24, 2.45) is 0 Å². The van der Waals surface area contributed by atoms with E-state index in [1.54, 1.807) is 0 Å². The Morgan fingerprint density at radius 3 is 1.00 bits per heavy atom. The molecule has 106 valence electrons. The van der Waals surface area contributed by atoms with Crippen LogP contribution in [0.2, 0.25) is 0 Å². The Morgan fingerprint density at radius 2 is 0.762 bits per heavy atom. The van der Waals surface area contributed by atoms with Crippen molar-refractivity contribution in [1.29, 1.82) is 0 Å². The van der Waals surface area contributed by atoms with Crippen LogP contribution in [-0.4, -0.2) is 4.21 Å². The molecule has 0 radical (unpaired) electrons. The second-order valence-corrected chi connectivity index (χ2v) is 11.6. The Morgan fingerprint density at radius 1 is 0.524 bits per heavy atom. The summed E-state index contributed by atoms with van der Waals surface area (Å²) in [6, 6.07) is 28.7. The van der Waals surface area contributed by atoms with Gasteiger partial charge in [0.25, 0.3) is 0 Å². The fourth-order valence-corrected chi connectivity index (χ4v) is 7.09. The lowest BCUT2D eigenvalue weighted by molar-refractivity contribution is 0.667. The maximum absolute atomic E-state index is 14.3. The summed E-state index contributed by atoms with van der Waals surface area (Å²) < 4.78 is 14.3. The summed E-state index contributed by atoms with van der Waals surface area (Å²) in [5.41, 5.74) is 0. The fourth-order valence-electron chi connectivity index (χ4n) is 2.40. The second kappa shape index (κ2) is 5.24. The van der Waals surface area contributed by atoms with Crippen LogP contribution in [0.15, 0.2) is 106 Å². The third kappa shape index (κ3) is 2.27. The van der Waals surface area contributed by atoms with Crippen molar-refractivity contribution in [2.75, 3.05) is 0 Å². The summed E-state index contributed by atoms with van der Waals surface area (Å²) in [6.07, 6.45) is 0. The van der Waals surface area contributed by atoms with Gasteiger partial charge in [0, 0.05) is 37.0 Å². The van der Waals surface area contributed by atoms with Crippen molar-refractivity contribution in [1.82, 2.24) is 0 Å². The third-order valence-corrected chi connectivity index (χ3v) is 10.2. The minimum atomic E-state index is -3.51. The molecule has 0 aromatic heterocycles. The fraction of sp³-hybridized carbons (Fsp3) is 0. The summed E-state index contributed by atoms with van der Waals surface area (Å²) >= 11 is 3.67. The van der Waals surface area contributed by atoms with Gasteiger partial charge in [0.15, 0.2) is 0 Å². The molecular weight excluding hydrogens is 344 g/mol. The summed E-state index contributed by atoms with van der Waals surface area (Å²) in [6.45, 7) is 0. The molecule has 3 aromatic carbocycles. The second-order valence-electron chi connectivity index (χ2n) is 4.79. The highest BCUT2D eigenvalue weighted by atomic mass is 79.9. The smallest absolute Gasteiger partial charge is 0.0351 e. The molecule has 1 nitrogen and oxygen atoms in total. The first kappa shape index (κ1) is 14.2. The van der Waals surface area contributed by atoms with Gasteiger partial charge in [0.2, 0.25) is 0 Å². The van der Waals surface area contributed by atoms with E-state index < -0.39 is 7.50 Å². The van der Waals surface area contributed by atoms with E-state index in [1.807, 2.05) is 91.0 Å². The zero-order chi connectivity index (χ0) is 14.8. The summed E-state index contributed by atoms with van der Waals surface area (Å²) in [5.74, 6) is 0. The van der Waals surface area contributed by atoms with Crippen molar-refractivity contribution < 1.29 is 4.21 Å². The first-order valence-corrected chi connectivity index (χ1v) is 10.5. The minimum absolute atomic E-state index is 0.770. The zero-order valence-electron chi connectivity index (χ0n) is 11.4. The lowest BCUT2D eigenvalue weighted by atomic mass is 10.4. The van der Waals surface area contributed by atoms with Crippen LogP contribution in [-0.2, 0) is 7.50 Å². The molecule has 3 rings (SSSR count). The van der Waals surface area contributed by atoms with E-state index in [2.05, 4.69) is 14.8 Å². The SMILES string of the molecule is O=S(Br)(c1ccccc1)(c1ccccc1)c1ccccc1. The Balaban J connectivity index is 2.39. The summed E-state index contributed by atoms with van der Waals surface area (Å²) in [4.78, 5) is 2.31. The molecule has 21 heavy (non-hydrogen) atoms. The van der Waals surface area contributed by atoms with Crippen LogP contribution in [0, 0.1) is 0 Å². The van der Waals surface area contributed by atoms with Crippen LogP contribution < -0.4 is 0 Å². The van der Waals surface area contributed by atoms with Gasteiger partial charge in [-0.1, -0.05) is 54.6 Å². The van der Waals surface area contributed by atoms with Crippen molar-refractivity contribution in [3.8, 4) is 0 Å². The average molecular weight is 359 g/mol. The predicted octanol–water partition coefficient (Wildman–Crippen LogP) is 5.29. The van der Waals surface area contributed by atoms with E-state index in [1.165, 1.54) is 0 Å². The van der Waals surface area contributed by atoms with Gasteiger partial charge in [-0.3, -0.25) is 4.21 Å². The molecule has 0 saturated carbocycles. The lowest BCUT2D eigenvalue weighted by Gasteiger charge is -2.37. The maximum atomic E-state index is 14.3. The Labute approximate surface area is 132 Å². The molecule has 0 N–H and O–H groups in total. The van der Waals surface area contributed by atoms with Gasteiger partial charge in [-0.05, 0) is 36.4 Å². The quantitative estimate of drug-likeness (QED) is 0.581. The number of benzene rings is 3. The van der Waals surface area contributed by atoms with Gasteiger partial charge in [0.1, 0.15) is 0 Å². The summed E-state index contributed by atoms with van der Waals surface area (Å²) in [7, 11) is -3.51. The first-order valence-electron chi connectivity index (χ1n) is 6.67. The zero-order valence-corrected chi connectivity index (χ0v) is 13.8. The highest BCUT2D eigenvalue weighted by Crippen LogP contribution is 2.55. The highest BCUT2D eigenvalue weighted by Gasteiger charge is 2.40. The van der Waals surface area contributed by atoms with E-state index >= 15 is 0 Å². The number of hydrogen-bond acceptors (Lipinski definition) is 1. The Bertz CT molecular complexity index is 692. The molecule has 0 atom stereocenters. The van der Waals surface area contributed by atoms with Crippen LogP contribution in [0.4, 0.5) is 0 Å². The molecule has 0 aliphatic rings. The number of halogens is 1. The van der Waals surface area contributed by atoms with Crippen molar-refractivity contribution >= 4 is 22.3 Å². The van der Waals surface area contributed by atoms with E-state index in [4.69, 9.17) is 0 Å². The predicted molar refractivity (Wildman–Crippen MR) is 91.2 cm³/mol. The maximum Gasteiger partial charge on any atom is 0.0351 e. The molecule has 0 fully saturated rings. The van der Waals surface area contributed by atoms with E-state index in [-0.39, 0.29) is 0 Å². The standard InChI is InChI=1S/C18H15BrOS/c19-21(20,16-10-4-1-5-11-16,17-12-6-2-7-13-17)18-14-8-3-9-15-18/h1-15H. The molecule has 3 heteroatoms. The van der Waals surface area contributed by atoms with E-state index in [0.717, 1.165) is 14.7 Å². The highest BCUT2D eigenvalue weighted by molar-refractivity contribution is 9.53. The normalized spacial score (nSPS) is 13.3. The molecule has 0 saturated heterocycles. The van der Waals surface area contributed by atoms with Crippen LogP contribution >= 0.6 is 14.8 Å². The molecule has 0 spiro atoms. The van der Waals surface area contributed by atoms with Crippen LogP contribution in [0.25, 0.3) is 0 Å². The van der Waals surface area contributed by atoms with Crippen molar-refractivity contribution in [3.63, 3.8) is 0 Å². The molecular formula is C18H15BrOS. The van der Waals surface area contributed by atoms with E-state index in [0.29, 0.717) is 0 Å². The average Bonchev–Trinajstić information content (AvgIpc) is 2.57. The van der Waals surface area contributed by atoms with Gasteiger partial charge in [-0.15, -0.1) is 0 Å². The Kier molecular flexibility index (Phi) is 3.56. The monoisotopic (exact) mass is 358 g/mol. The lowest BCUT2D eigenvalue weighted by Crippen LogP contribution is -2.25. The van der Waals surface area contributed by atoms with Gasteiger partial charge < -0.3 is 0 Å². The topological polar surface area (TPSA) is 17.1 Å². The molecule has 0 unspecified atom stereocenters. The van der Waals surface area contributed by atoms with Crippen LogP contribution in [0.5, 0.6) is 0 Å². The van der Waals surface area contributed by atoms with Crippen molar-refractivity contribution in [2.45, 2.75) is 14.7 Å². The van der Waals surface area contributed by atoms with Crippen molar-refractivity contribution in [3.05, 3.63) is 91.0 Å². The minimum Gasteiger partial charge on any atom is -0.258 e. The Hall–Kier alpha value is -1.71. The largest absolute Gasteiger partial charge is 0.258 e. The van der Waals surface area contributed by atoms with Gasteiger partial charge in [-0.25, -0.2) is 0 Å². The van der Waals surface area contributed by atoms with Crippen LogP contribution in [0.1, 0.15) is 0 Å². The van der Waals surface area contributed by atoms with Gasteiger partial charge >= 0.3 is 0 Å². The molecule has 0 amide bonds. The van der Waals surface area contributed by atoms with Gasteiger partial charge in [-0.2, -0.15) is 0 Å². The first-order chi connectivity index (χ1) is 10.1. The molecule has 0 aliphatic heterocycles. The molecule has 0 heterocycles. The number of rotatable bonds is 3. The van der Waals surface area contributed by atoms with E-state index in [9.17, 15) is 4.21 Å². The molecule has 3 aromatic rings. The summed E-state index contributed by atoms with van der Waals surface area (Å²) in [5, 5.41) is 0. The van der Waals surface area contributed by atoms with Crippen LogP contribution in [0.3, 0.4) is 0 Å². The van der Waals surface area contributed by atoms with Gasteiger partial charge in [0.05, 0.1) is 0 Å². The number of hydrogen-bond donors (Lipinski definition) is 0. The third-order valence-electron chi connectivity index (χ3n) is 3.49. The molecule has 0 aliphatic carbocycles.